The van der Waals surface area contributed by atoms with Gasteiger partial charge in [0.15, 0.2) is 11.5 Å². The third-order valence-electron chi connectivity index (χ3n) is 5.58. The summed E-state index contributed by atoms with van der Waals surface area (Å²) in [6.07, 6.45) is 4.80. The van der Waals surface area contributed by atoms with E-state index in [0.717, 1.165) is 55.5 Å². The number of rotatable bonds is 9. The van der Waals surface area contributed by atoms with Gasteiger partial charge in [-0.05, 0) is 25.1 Å². The highest BCUT2D eigenvalue weighted by atomic mass is 16.5. The van der Waals surface area contributed by atoms with Gasteiger partial charge in [0.2, 0.25) is 0 Å². The van der Waals surface area contributed by atoms with Crippen LogP contribution in [0.25, 0.3) is 0 Å². The normalized spacial score (nSPS) is 17.1. The average Bonchev–Trinajstić information content (AvgIpc) is 3.40. The van der Waals surface area contributed by atoms with Crippen LogP contribution in [0.15, 0.2) is 42.7 Å². The van der Waals surface area contributed by atoms with Crippen LogP contribution in [0.2, 0.25) is 0 Å². The minimum atomic E-state index is -0.0231. The summed E-state index contributed by atoms with van der Waals surface area (Å²) in [7, 11) is 3.63. The SMILES string of the molecule is CCn1cc(CN2CCO[C@H](c3cc(CCOc4ccccc4OC)n(C)n3)C2)cn1. The second kappa shape index (κ2) is 9.98. The molecule has 166 valence electrons. The summed E-state index contributed by atoms with van der Waals surface area (Å²) in [4.78, 5) is 2.41. The zero-order valence-corrected chi connectivity index (χ0v) is 18.5. The van der Waals surface area contributed by atoms with Gasteiger partial charge >= 0.3 is 0 Å². The van der Waals surface area contributed by atoms with Gasteiger partial charge in [0, 0.05) is 57.1 Å². The van der Waals surface area contributed by atoms with Crippen LogP contribution < -0.4 is 9.47 Å². The Morgan fingerprint density at radius 3 is 2.84 bits per heavy atom. The van der Waals surface area contributed by atoms with E-state index in [2.05, 4.69) is 29.2 Å². The minimum absolute atomic E-state index is 0.0231. The number of benzene rings is 1. The number of methoxy groups -OCH3 is 1. The highest BCUT2D eigenvalue weighted by molar-refractivity contribution is 5.39. The second-order valence-corrected chi connectivity index (χ2v) is 7.73. The van der Waals surface area contributed by atoms with Gasteiger partial charge < -0.3 is 14.2 Å². The van der Waals surface area contributed by atoms with Gasteiger partial charge in [-0.25, -0.2) is 0 Å². The zero-order chi connectivity index (χ0) is 21.6. The maximum Gasteiger partial charge on any atom is 0.161 e. The molecule has 1 aliphatic rings. The van der Waals surface area contributed by atoms with E-state index < -0.39 is 0 Å². The molecule has 0 spiro atoms. The quantitative estimate of drug-likeness (QED) is 0.525. The van der Waals surface area contributed by atoms with Gasteiger partial charge in [0.1, 0.15) is 6.10 Å². The molecule has 1 aliphatic heterocycles. The zero-order valence-electron chi connectivity index (χ0n) is 18.5. The van der Waals surface area contributed by atoms with E-state index in [0.29, 0.717) is 13.2 Å². The fourth-order valence-corrected chi connectivity index (χ4v) is 3.87. The number of morpholine rings is 1. The lowest BCUT2D eigenvalue weighted by Crippen LogP contribution is -2.37. The van der Waals surface area contributed by atoms with Crippen molar-refractivity contribution in [3.8, 4) is 11.5 Å². The third-order valence-corrected chi connectivity index (χ3v) is 5.58. The Labute approximate surface area is 183 Å². The Kier molecular flexibility index (Phi) is 6.89. The largest absolute Gasteiger partial charge is 0.493 e. The molecule has 8 nitrogen and oxygen atoms in total. The number of aryl methyl sites for hydroxylation is 2. The number of para-hydroxylation sites is 2. The van der Waals surface area contributed by atoms with Gasteiger partial charge in [-0.15, -0.1) is 0 Å². The fourth-order valence-electron chi connectivity index (χ4n) is 3.87. The minimum Gasteiger partial charge on any atom is -0.493 e. The van der Waals surface area contributed by atoms with Crippen LogP contribution in [0, 0.1) is 0 Å². The van der Waals surface area contributed by atoms with Gasteiger partial charge in [0.25, 0.3) is 0 Å². The Bertz CT molecular complexity index is 983. The first-order chi connectivity index (χ1) is 15.2. The molecule has 8 heteroatoms. The third kappa shape index (κ3) is 5.26. The molecule has 0 aliphatic carbocycles. The Morgan fingerprint density at radius 2 is 2.06 bits per heavy atom. The topological polar surface area (TPSA) is 66.6 Å². The second-order valence-electron chi connectivity index (χ2n) is 7.73. The Balaban J connectivity index is 1.34. The van der Waals surface area contributed by atoms with Gasteiger partial charge in [-0.1, -0.05) is 12.1 Å². The summed E-state index contributed by atoms with van der Waals surface area (Å²) in [6, 6.07) is 9.83. The fraction of sp³-hybridized carbons (Fsp3) is 0.478. The number of hydrogen-bond donors (Lipinski definition) is 0. The lowest BCUT2D eigenvalue weighted by atomic mass is 10.1. The van der Waals surface area contributed by atoms with Crippen molar-refractivity contribution in [1.82, 2.24) is 24.5 Å². The van der Waals surface area contributed by atoms with E-state index >= 15 is 0 Å². The molecule has 31 heavy (non-hydrogen) atoms. The molecule has 4 rings (SSSR count). The highest BCUT2D eigenvalue weighted by Crippen LogP contribution is 2.26. The first-order valence-electron chi connectivity index (χ1n) is 10.8. The summed E-state index contributed by atoms with van der Waals surface area (Å²) in [6.45, 7) is 6.87. The molecule has 3 aromatic rings. The van der Waals surface area contributed by atoms with Gasteiger partial charge in [-0.3, -0.25) is 14.3 Å². The molecule has 3 heterocycles. The molecular formula is C23H31N5O3. The summed E-state index contributed by atoms with van der Waals surface area (Å²) in [5, 5.41) is 9.10. The standard InChI is InChI=1S/C23H31N5O3/c1-4-28-16-18(14-24-28)15-27-10-12-31-23(17-27)20-13-19(26(2)25-20)9-11-30-22-8-6-5-7-21(22)29-3/h5-8,13-14,16,23H,4,9-12,15,17H2,1-3H3/t23-/m0/s1. The monoisotopic (exact) mass is 425 g/mol. The maximum atomic E-state index is 6.04. The van der Waals surface area contributed by atoms with E-state index in [-0.39, 0.29) is 6.10 Å². The lowest BCUT2D eigenvalue weighted by Gasteiger charge is -2.31. The van der Waals surface area contributed by atoms with Crippen LogP contribution in [0.5, 0.6) is 11.5 Å². The van der Waals surface area contributed by atoms with Crippen LogP contribution in [-0.4, -0.2) is 57.9 Å². The average molecular weight is 426 g/mol. The van der Waals surface area contributed by atoms with Crippen LogP contribution >= 0.6 is 0 Å². The van der Waals surface area contributed by atoms with Crippen molar-refractivity contribution >= 4 is 0 Å². The molecule has 1 aromatic carbocycles. The molecule has 0 radical (unpaired) electrons. The molecule has 0 saturated carbocycles. The van der Waals surface area contributed by atoms with Crippen molar-refractivity contribution in [2.24, 2.45) is 7.05 Å². The molecule has 0 unspecified atom stereocenters. The van der Waals surface area contributed by atoms with Gasteiger partial charge in [-0.2, -0.15) is 10.2 Å². The van der Waals surface area contributed by atoms with Crippen LogP contribution in [0.1, 0.15) is 30.0 Å². The van der Waals surface area contributed by atoms with Crippen molar-refractivity contribution in [2.45, 2.75) is 32.5 Å². The predicted octanol–water partition coefficient (Wildman–Crippen LogP) is 2.84. The van der Waals surface area contributed by atoms with Crippen LogP contribution in [0.4, 0.5) is 0 Å². The molecule has 1 atom stereocenters. The number of nitrogens with zero attached hydrogens (tertiary/aromatic N) is 5. The maximum absolute atomic E-state index is 6.04. The highest BCUT2D eigenvalue weighted by Gasteiger charge is 2.25. The smallest absolute Gasteiger partial charge is 0.161 e. The Morgan fingerprint density at radius 1 is 1.23 bits per heavy atom. The van der Waals surface area contributed by atoms with Crippen molar-refractivity contribution in [3.63, 3.8) is 0 Å². The lowest BCUT2D eigenvalue weighted by molar-refractivity contribution is -0.0352. The van der Waals surface area contributed by atoms with E-state index in [1.807, 2.05) is 46.9 Å². The molecule has 1 saturated heterocycles. The van der Waals surface area contributed by atoms with Crippen LogP contribution in [-0.2, 0) is 31.3 Å². The number of ether oxygens (including phenoxy) is 3. The predicted molar refractivity (Wildman–Crippen MR) is 117 cm³/mol. The van der Waals surface area contributed by atoms with Crippen molar-refractivity contribution in [1.29, 1.82) is 0 Å². The first-order valence-corrected chi connectivity index (χ1v) is 10.8. The molecule has 0 amide bonds. The summed E-state index contributed by atoms with van der Waals surface area (Å²) in [5.41, 5.74) is 3.33. The molecule has 2 aromatic heterocycles. The van der Waals surface area contributed by atoms with E-state index in [1.54, 1.807) is 7.11 Å². The molecular weight excluding hydrogens is 394 g/mol. The first kappa shape index (κ1) is 21.4. The van der Waals surface area contributed by atoms with E-state index in [4.69, 9.17) is 19.3 Å². The molecule has 0 N–H and O–H groups in total. The summed E-state index contributed by atoms with van der Waals surface area (Å²) >= 11 is 0. The molecule has 1 fully saturated rings. The van der Waals surface area contributed by atoms with Crippen molar-refractivity contribution in [2.75, 3.05) is 33.4 Å². The summed E-state index contributed by atoms with van der Waals surface area (Å²) in [5.74, 6) is 1.50. The van der Waals surface area contributed by atoms with Crippen molar-refractivity contribution in [3.05, 3.63) is 59.7 Å². The van der Waals surface area contributed by atoms with E-state index in [9.17, 15) is 0 Å². The summed E-state index contributed by atoms with van der Waals surface area (Å²) < 4.78 is 21.2. The van der Waals surface area contributed by atoms with Gasteiger partial charge in [0.05, 0.1) is 32.2 Å². The van der Waals surface area contributed by atoms with Crippen molar-refractivity contribution < 1.29 is 14.2 Å². The van der Waals surface area contributed by atoms with E-state index in [1.165, 1.54) is 5.56 Å². The molecule has 0 bridgehead atoms. The van der Waals surface area contributed by atoms with Crippen LogP contribution in [0.3, 0.4) is 0 Å². The Hall–Kier alpha value is -2.84. The number of hydrogen-bond acceptors (Lipinski definition) is 6. The number of aromatic nitrogens is 4.